The van der Waals surface area contributed by atoms with Gasteiger partial charge in [0, 0.05) is 15.9 Å². The van der Waals surface area contributed by atoms with Gasteiger partial charge in [0.15, 0.2) is 0 Å². The summed E-state index contributed by atoms with van der Waals surface area (Å²) < 4.78 is -2.06. The maximum Gasteiger partial charge on any atom is 0.326 e. The Morgan fingerprint density at radius 2 is 1.29 bits per heavy atom. The van der Waals surface area contributed by atoms with Crippen molar-refractivity contribution < 1.29 is 39.0 Å². The molecule has 2 rings (SSSR count). The van der Waals surface area contributed by atoms with Crippen LogP contribution in [-0.4, -0.2) is 105 Å². The highest BCUT2D eigenvalue weighted by Gasteiger charge is 2.44. The van der Waals surface area contributed by atoms with E-state index in [2.05, 4.69) is 26.6 Å². The van der Waals surface area contributed by atoms with Gasteiger partial charge < -0.3 is 54.0 Å². The summed E-state index contributed by atoms with van der Waals surface area (Å²) in [5.74, 6) is -4.63. The predicted molar refractivity (Wildman–Crippen MR) is 216 cm³/mol. The summed E-state index contributed by atoms with van der Waals surface area (Å²) in [6.45, 7) is 11.3. The number of nitrogens with two attached hydrogens (primary N) is 3. The largest absolute Gasteiger partial charge is 0.508 e. The number of aliphatic carboxylic acids is 1. The molecule has 1 aromatic carbocycles. The van der Waals surface area contributed by atoms with Gasteiger partial charge in [-0.15, -0.1) is 0 Å². The van der Waals surface area contributed by atoms with Crippen molar-refractivity contribution in [1.82, 2.24) is 26.6 Å². The molecular weight excluding hydrogens is 749 g/mol. The van der Waals surface area contributed by atoms with Crippen LogP contribution >= 0.6 is 21.6 Å². The summed E-state index contributed by atoms with van der Waals surface area (Å²) in [5.41, 5.74) is 18.5. The molecule has 6 atom stereocenters. The highest BCUT2D eigenvalue weighted by Crippen LogP contribution is 2.46. The molecule has 55 heavy (non-hydrogen) atoms. The van der Waals surface area contributed by atoms with Crippen LogP contribution in [0.4, 0.5) is 0 Å². The Bertz CT molecular complexity index is 1460. The number of benzene rings is 1. The summed E-state index contributed by atoms with van der Waals surface area (Å²) in [4.78, 5) is 81.8. The fourth-order valence-corrected chi connectivity index (χ4v) is 8.57. The topological polar surface area (TPSA) is 281 Å². The number of hydrogen-bond acceptors (Lipinski definition) is 12. The zero-order valence-electron chi connectivity index (χ0n) is 32.8. The number of hydrogen-bond donors (Lipinski definition) is 10. The van der Waals surface area contributed by atoms with Gasteiger partial charge in [0.25, 0.3) is 0 Å². The number of nitrogens with one attached hydrogen (secondary N) is 5. The molecule has 1 aromatic rings. The van der Waals surface area contributed by atoms with E-state index in [0.29, 0.717) is 44.3 Å². The minimum atomic E-state index is -1.32. The number of phenolic OH excluding ortho intramolecular Hbond substituents is 1. The standard InChI is InChI=1S/C37H62N8O8S2/c1-21(2)19-27(35(52)53)44-32(49)26(20-22-13-15-23(46)16-14-22)43-34(51)29-37(5,6)55-54-36(3,4)28(40)33(50)42-24(11-7-9-17-38)30(47)41-25(31(48)45-29)12-8-10-18-39/h13-16,21,24-29,46H,7-12,17-20,38-40H2,1-6H3,(H,41,47)(H,42,50)(H,43,51)(H,44,49)(H,45,48)(H,52,53)/t24-,25-,26-,27-,28+,29+/m0/s1. The van der Waals surface area contributed by atoms with E-state index in [-0.39, 0.29) is 37.4 Å². The van der Waals surface area contributed by atoms with Crippen molar-refractivity contribution in [1.29, 1.82) is 0 Å². The lowest BCUT2D eigenvalue weighted by molar-refractivity contribution is -0.142. The van der Waals surface area contributed by atoms with E-state index < -0.39 is 81.3 Å². The summed E-state index contributed by atoms with van der Waals surface area (Å²) in [6.07, 6.45) is 2.67. The number of amides is 5. The fraction of sp³-hybridized carbons (Fsp3) is 0.676. The Morgan fingerprint density at radius 3 is 1.80 bits per heavy atom. The fourth-order valence-electron chi connectivity index (χ4n) is 5.78. The summed E-state index contributed by atoms with van der Waals surface area (Å²) in [7, 11) is 2.45. The Kier molecular flexibility index (Phi) is 19.2. The number of phenols is 1. The van der Waals surface area contributed by atoms with E-state index >= 15 is 0 Å². The molecule has 0 unspecified atom stereocenters. The van der Waals surface area contributed by atoms with Crippen LogP contribution in [0.1, 0.15) is 92.1 Å². The van der Waals surface area contributed by atoms with Gasteiger partial charge >= 0.3 is 5.97 Å². The van der Waals surface area contributed by atoms with Crippen molar-refractivity contribution in [2.75, 3.05) is 13.1 Å². The van der Waals surface area contributed by atoms with E-state index in [1.165, 1.54) is 33.7 Å². The Balaban J connectivity index is 2.61. The first-order valence-corrected chi connectivity index (χ1v) is 20.9. The van der Waals surface area contributed by atoms with E-state index in [4.69, 9.17) is 17.2 Å². The average molecular weight is 811 g/mol. The molecule has 18 heteroatoms. The molecule has 5 amide bonds. The molecule has 0 aliphatic carbocycles. The zero-order chi connectivity index (χ0) is 41.5. The first-order valence-electron chi connectivity index (χ1n) is 18.8. The monoisotopic (exact) mass is 810 g/mol. The summed E-state index contributed by atoms with van der Waals surface area (Å²) >= 11 is 0. The third kappa shape index (κ3) is 15.5. The Morgan fingerprint density at radius 1 is 0.782 bits per heavy atom. The second kappa shape index (κ2) is 22.2. The molecule has 0 saturated carbocycles. The number of carboxylic acid groups (broad SMARTS) is 1. The maximum atomic E-state index is 14.5. The van der Waals surface area contributed by atoms with Crippen molar-refractivity contribution in [2.45, 2.75) is 139 Å². The first kappa shape index (κ1) is 47.6. The smallest absolute Gasteiger partial charge is 0.326 e. The van der Waals surface area contributed by atoms with Gasteiger partial charge in [0.1, 0.15) is 36.0 Å². The van der Waals surface area contributed by atoms with Crippen molar-refractivity contribution in [2.24, 2.45) is 23.1 Å². The lowest BCUT2D eigenvalue weighted by Gasteiger charge is -2.38. The van der Waals surface area contributed by atoms with Gasteiger partial charge in [-0.05, 0) is 109 Å². The van der Waals surface area contributed by atoms with Crippen molar-refractivity contribution in [3.8, 4) is 5.75 Å². The second-order valence-corrected chi connectivity index (χ2v) is 18.9. The molecule has 1 aliphatic rings. The van der Waals surface area contributed by atoms with Gasteiger partial charge in [-0.3, -0.25) is 24.0 Å². The van der Waals surface area contributed by atoms with Crippen LogP contribution in [0.2, 0.25) is 0 Å². The number of rotatable bonds is 17. The van der Waals surface area contributed by atoms with Crippen LogP contribution in [0.3, 0.4) is 0 Å². The van der Waals surface area contributed by atoms with Crippen LogP contribution in [0.5, 0.6) is 5.75 Å². The molecule has 1 saturated heterocycles. The van der Waals surface area contributed by atoms with Crippen molar-refractivity contribution in [3.63, 3.8) is 0 Å². The molecule has 16 nitrogen and oxygen atoms in total. The quantitative estimate of drug-likeness (QED) is 0.0779. The lowest BCUT2D eigenvalue weighted by atomic mass is 9.98. The van der Waals surface area contributed by atoms with Gasteiger partial charge in [-0.2, -0.15) is 0 Å². The van der Waals surface area contributed by atoms with Crippen LogP contribution < -0.4 is 43.8 Å². The van der Waals surface area contributed by atoms with E-state index in [9.17, 15) is 39.0 Å². The molecule has 310 valence electrons. The van der Waals surface area contributed by atoms with Gasteiger partial charge in [-0.1, -0.05) is 47.6 Å². The van der Waals surface area contributed by atoms with Crippen molar-refractivity contribution in [3.05, 3.63) is 29.8 Å². The Hall–Kier alpha value is -3.58. The third-order valence-electron chi connectivity index (χ3n) is 9.24. The molecule has 1 fully saturated rings. The van der Waals surface area contributed by atoms with Crippen LogP contribution in [-0.2, 0) is 35.2 Å². The molecule has 13 N–H and O–H groups in total. The number of unbranched alkanes of at least 4 members (excludes halogenated alkanes) is 2. The summed E-state index contributed by atoms with van der Waals surface area (Å²) in [6, 6.07) is -1.06. The molecule has 0 spiro atoms. The van der Waals surface area contributed by atoms with Crippen LogP contribution in [0.15, 0.2) is 24.3 Å². The molecule has 0 radical (unpaired) electrons. The SMILES string of the molecule is CC(C)C[C@H](NC(=O)[C@H](Cc1ccc(O)cc1)NC(=O)[C@H]1NC(=O)[C@H](CCCCN)NC(=O)[C@H](CCCCN)NC(=O)[C@@H](N)C(C)(C)SSC1(C)C)C(=O)O. The highest BCUT2D eigenvalue weighted by atomic mass is 33.1. The average Bonchev–Trinajstić information content (AvgIpc) is 3.11. The maximum absolute atomic E-state index is 14.5. The number of carbonyl (C=O) groups excluding carboxylic acids is 5. The van der Waals surface area contributed by atoms with Gasteiger partial charge in [0.2, 0.25) is 29.5 Å². The van der Waals surface area contributed by atoms with Crippen LogP contribution in [0.25, 0.3) is 0 Å². The molecule has 0 bridgehead atoms. The zero-order valence-corrected chi connectivity index (χ0v) is 34.4. The third-order valence-corrected chi connectivity index (χ3v) is 13.5. The van der Waals surface area contributed by atoms with Gasteiger partial charge in [0.05, 0.1) is 6.04 Å². The molecule has 1 aliphatic heterocycles. The van der Waals surface area contributed by atoms with Gasteiger partial charge in [-0.25, -0.2) is 4.79 Å². The minimum Gasteiger partial charge on any atom is -0.508 e. The van der Waals surface area contributed by atoms with E-state index in [0.717, 1.165) is 0 Å². The number of carboxylic acids is 1. The molecule has 0 aromatic heterocycles. The number of aromatic hydroxyl groups is 1. The molecular formula is C37H62N8O8S2. The second-order valence-electron chi connectivity index (χ2n) is 15.4. The normalized spacial score (nSPS) is 23.0. The predicted octanol–water partition coefficient (Wildman–Crippen LogP) is 1.03. The van der Waals surface area contributed by atoms with Crippen LogP contribution in [0, 0.1) is 5.92 Å². The van der Waals surface area contributed by atoms with E-state index in [1.54, 1.807) is 39.8 Å². The first-order chi connectivity index (χ1) is 25.7. The minimum absolute atomic E-state index is 0.00881. The van der Waals surface area contributed by atoms with E-state index in [1.807, 2.05) is 13.8 Å². The lowest BCUT2D eigenvalue weighted by Crippen LogP contribution is -2.64. The highest BCUT2D eigenvalue weighted by molar-refractivity contribution is 8.77. The summed E-state index contributed by atoms with van der Waals surface area (Å²) in [5, 5.41) is 33.4. The Labute approximate surface area is 332 Å². The van der Waals surface area contributed by atoms with Crippen molar-refractivity contribution >= 4 is 57.1 Å². The number of carbonyl (C=O) groups is 6. The molecule has 1 heterocycles.